The largest absolute Gasteiger partial charge is 0.497 e. The van der Waals surface area contributed by atoms with Crippen molar-refractivity contribution in [3.63, 3.8) is 0 Å². The maximum Gasteiger partial charge on any atom is 0.193 e. The number of carbonyl (C=O) groups excluding carboxylic acids is 2. The minimum absolute atomic E-state index is 0.00390. The Labute approximate surface area is 137 Å². The van der Waals surface area contributed by atoms with Crippen molar-refractivity contribution in [2.75, 3.05) is 7.11 Å². The van der Waals surface area contributed by atoms with Crippen LogP contribution in [0.15, 0.2) is 48.5 Å². The van der Waals surface area contributed by atoms with Gasteiger partial charge in [0.2, 0.25) is 0 Å². The van der Waals surface area contributed by atoms with Gasteiger partial charge >= 0.3 is 0 Å². The van der Waals surface area contributed by atoms with Crippen LogP contribution in [0.3, 0.4) is 0 Å². The van der Waals surface area contributed by atoms with Crippen LogP contribution in [-0.2, 0) is 11.2 Å². The molecule has 0 aliphatic carbocycles. The van der Waals surface area contributed by atoms with E-state index in [1.54, 1.807) is 13.2 Å². The normalized spacial score (nSPS) is 11.7. The van der Waals surface area contributed by atoms with Gasteiger partial charge in [0.1, 0.15) is 12.0 Å². The molecule has 0 spiro atoms. The Morgan fingerprint density at radius 1 is 1.17 bits per heavy atom. The Bertz CT molecular complexity index is 662. The molecule has 120 valence electrons. The predicted octanol–water partition coefficient (Wildman–Crippen LogP) is 4.08. The average Bonchev–Trinajstić information content (AvgIpc) is 2.61. The lowest BCUT2D eigenvalue weighted by molar-refractivity contribution is -0.108. The SMILES string of the molecule is CC[C@H](CC=O)Cc1cc(OC)ccc1C(=O)c1ccccc1. The van der Waals surface area contributed by atoms with Crippen LogP contribution in [-0.4, -0.2) is 19.2 Å². The molecule has 0 aromatic heterocycles. The van der Waals surface area contributed by atoms with Crippen LogP contribution in [0, 0.1) is 5.92 Å². The smallest absolute Gasteiger partial charge is 0.193 e. The lowest BCUT2D eigenvalue weighted by atomic mass is 9.89. The molecular weight excluding hydrogens is 288 g/mol. The van der Waals surface area contributed by atoms with Crippen LogP contribution < -0.4 is 4.74 Å². The standard InChI is InChI=1S/C20H22O3/c1-3-15(11-12-21)13-17-14-18(23-2)9-10-19(17)20(22)16-7-5-4-6-8-16/h4-10,12,14-15H,3,11,13H2,1-2H3/t15-/m1/s1. The van der Waals surface area contributed by atoms with Gasteiger partial charge in [0.05, 0.1) is 7.11 Å². The summed E-state index contributed by atoms with van der Waals surface area (Å²) in [6.45, 7) is 2.06. The van der Waals surface area contributed by atoms with E-state index in [0.29, 0.717) is 24.0 Å². The molecule has 0 heterocycles. The fourth-order valence-electron chi connectivity index (χ4n) is 2.67. The number of methoxy groups -OCH3 is 1. The van der Waals surface area contributed by atoms with E-state index >= 15 is 0 Å². The third kappa shape index (κ3) is 4.28. The first kappa shape index (κ1) is 16.9. The zero-order valence-electron chi connectivity index (χ0n) is 13.6. The molecule has 0 unspecified atom stereocenters. The Morgan fingerprint density at radius 3 is 2.52 bits per heavy atom. The van der Waals surface area contributed by atoms with Crippen molar-refractivity contribution in [3.8, 4) is 5.75 Å². The van der Waals surface area contributed by atoms with Gasteiger partial charge in [-0.2, -0.15) is 0 Å². The van der Waals surface area contributed by atoms with Crippen LogP contribution in [0.5, 0.6) is 5.75 Å². The molecule has 3 nitrogen and oxygen atoms in total. The van der Waals surface area contributed by atoms with Gasteiger partial charge in [0, 0.05) is 17.5 Å². The van der Waals surface area contributed by atoms with Gasteiger partial charge in [-0.15, -0.1) is 0 Å². The van der Waals surface area contributed by atoms with E-state index in [0.717, 1.165) is 24.0 Å². The molecule has 23 heavy (non-hydrogen) atoms. The van der Waals surface area contributed by atoms with E-state index in [1.807, 2.05) is 42.5 Å². The molecule has 2 aromatic rings. The molecule has 0 saturated heterocycles. The van der Waals surface area contributed by atoms with E-state index in [2.05, 4.69) is 6.92 Å². The topological polar surface area (TPSA) is 43.4 Å². The second-order valence-electron chi connectivity index (χ2n) is 5.60. The number of hydrogen-bond acceptors (Lipinski definition) is 3. The molecule has 0 bridgehead atoms. The van der Waals surface area contributed by atoms with E-state index in [1.165, 1.54) is 0 Å². The highest BCUT2D eigenvalue weighted by molar-refractivity contribution is 6.10. The van der Waals surface area contributed by atoms with Gasteiger partial charge in [0.15, 0.2) is 5.78 Å². The molecule has 2 aromatic carbocycles. The molecule has 0 N–H and O–H groups in total. The lowest BCUT2D eigenvalue weighted by Gasteiger charge is -2.16. The Balaban J connectivity index is 2.38. The molecule has 0 aliphatic heterocycles. The van der Waals surface area contributed by atoms with E-state index < -0.39 is 0 Å². The van der Waals surface area contributed by atoms with Crippen molar-refractivity contribution in [2.45, 2.75) is 26.2 Å². The third-order valence-electron chi connectivity index (χ3n) is 4.11. The van der Waals surface area contributed by atoms with E-state index in [-0.39, 0.29) is 11.7 Å². The minimum atomic E-state index is 0.00390. The van der Waals surface area contributed by atoms with Crippen molar-refractivity contribution < 1.29 is 14.3 Å². The zero-order valence-corrected chi connectivity index (χ0v) is 13.6. The predicted molar refractivity (Wildman–Crippen MR) is 91.0 cm³/mol. The zero-order chi connectivity index (χ0) is 16.7. The van der Waals surface area contributed by atoms with Gasteiger partial charge in [0.25, 0.3) is 0 Å². The van der Waals surface area contributed by atoms with Gasteiger partial charge in [-0.05, 0) is 36.1 Å². The maximum atomic E-state index is 12.8. The molecule has 0 aliphatic rings. The Hall–Kier alpha value is -2.42. The first-order valence-corrected chi connectivity index (χ1v) is 7.89. The van der Waals surface area contributed by atoms with Crippen LogP contribution in [0.25, 0.3) is 0 Å². The molecule has 0 fully saturated rings. The second-order valence-corrected chi connectivity index (χ2v) is 5.60. The molecule has 3 heteroatoms. The van der Waals surface area contributed by atoms with Gasteiger partial charge in [-0.3, -0.25) is 4.79 Å². The number of rotatable bonds is 8. The number of benzene rings is 2. The molecule has 0 radical (unpaired) electrons. The first-order valence-electron chi connectivity index (χ1n) is 7.89. The fourth-order valence-corrected chi connectivity index (χ4v) is 2.67. The summed E-state index contributed by atoms with van der Waals surface area (Å²) in [4.78, 5) is 23.6. The van der Waals surface area contributed by atoms with Gasteiger partial charge in [-0.1, -0.05) is 43.7 Å². The number of ketones is 1. The Kier molecular flexibility index (Phi) is 6.10. The van der Waals surface area contributed by atoms with Gasteiger partial charge in [-0.25, -0.2) is 0 Å². The van der Waals surface area contributed by atoms with Crippen LogP contribution in [0.2, 0.25) is 0 Å². The molecule has 0 amide bonds. The quantitative estimate of drug-likeness (QED) is 0.545. The summed E-state index contributed by atoms with van der Waals surface area (Å²) in [5.41, 5.74) is 2.29. The Morgan fingerprint density at radius 2 is 1.91 bits per heavy atom. The summed E-state index contributed by atoms with van der Waals surface area (Å²) in [7, 11) is 1.61. The summed E-state index contributed by atoms with van der Waals surface area (Å²) in [6.07, 6.45) is 3.05. The lowest BCUT2D eigenvalue weighted by Crippen LogP contribution is -2.11. The van der Waals surface area contributed by atoms with Gasteiger partial charge < -0.3 is 9.53 Å². The summed E-state index contributed by atoms with van der Waals surface area (Å²) in [5.74, 6) is 0.969. The summed E-state index contributed by atoms with van der Waals surface area (Å²) in [5, 5.41) is 0. The molecular formula is C20H22O3. The van der Waals surface area contributed by atoms with Crippen LogP contribution in [0.1, 0.15) is 41.3 Å². The van der Waals surface area contributed by atoms with Crippen LogP contribution >= 0.6 is 0 Å². The number of ether oxygens (including phenoxy) is 1. The highest BCUT2D eigenvalue weighted by Gasteiger charge is 2.17. The van der Waals surface area contributed by atoms with Crippen molar-refractivity contribution in [3.05, 3.63) is 65.2 Å². The average molecular weight is 310 g/mol. The van der Waals surface area contributed by atoms with Crippen molar-refractivity contribution in [1.82, 2.24) is 0 Å². The third-order valence-corrected chi connectivity index (χ3v) is 4.11. The fraction of sp³-hybridized carbons (Fsp3) is 0.300. The minimum Gasteiger partial charge on any atom is -0.497 e. The maximum absolute atomic E-state index is 12.8. The number of carbonyl (C=O) groups is 2. The van der Waals surface area contributed by atoms with Crippen LogP contribution in [0.4, 0.5) is 0 Å². The summed E-state index contributed by atoms with van der Waals surface area (Å²) < 4.78 is 5.29. The second kappa shape index (κ2) is 8.28. The first-order chi connectivity index (χ1) is 11.2. The number of hydrogen-bond donors (Lipinski definition) is 0. The number of aldehydes is 1. The van der Waals surface area contributed by atoms with E-state index in [9.17, 15) is 9.59 Å². The molecule has 1 atom stereocenters. The van der Waals surface area contributed by atoms with Crippen molar-refractivity contribution >= 4 is 12.1 Å². The monoisotopic (exact) mass is 310 g/mol. The molecule has 0 saturated carbocycles. The summed E-state index contributed by atoms with van der Waals surface area (Å²) >= 11 is 0. The molecule has 2 rings (SSSR count). The highest BCUT2D eigenvalue weighted by atomic mass is 16.5. The van der Waals surface area contributed by atoms with E-state index in [4.69, 9.17) is 4.74 Å². The summed E-state index contributed by atoms with van der Waals surface area (Å²) in [6, 6.07) is 14.8. The van der Waals surface area contributed by atoms with Crippen molar-refractivity contribution in [2.24, 2.45) is 5.92 Å². The highest BCUT2D eigenvalue weighted by Crippen LogP contribution is 2.25. The van der Waals surface area contributed by atoms with Crippen molar-refractivity contribution in [1.29, 1.82) is 0 Å².